The van der Waals surface area contributed by atoms with E-state index in [4.69, 9.17) is 4.42 Å². The Labute approximate surface area is 165 Å². The van der Waals surface area contributed by atoms with E-state index < -0.39 is 5.41 Å². The van der Waals surface area contributed by atoms with Gasteiger partial charge >= 0.3 is 12.0 Å². The monoisotopic (exact) mass is 390 g/mol. The first-order valence-electron chi connectivity index (χ1n) is 10.2. The summed E-state index contributed by atoms with van der Waals surface area (Å²) < 4.78 is 5.64. The molecule has 2 atom stereocenters. The molecule has 4 heterocycles. The van der Waals surface area contributed by atoms with Crippen LogP contribution in [0.1, 0.15) is 31.6 Å². The lowest BCUT2D eigenvalue weighted by atomic mass is 9.74. The Bertz CT molecular complexity index is 744. The van der Waals surface area contributed by atoms with E-state index in [1.807, 2.05) is 28.8 Å². The molecule has 4 rings (SSSR count). The fourth-order valence-corrected chi connectivity index (χ4v) is 5.07. The number of amides is 3. The van der Waals surface area contributed by atoms with E-state index in [1.165, 1.54) is 0 Å². The van der Waals surface area contributed by atoms with Crippen LogP contribution in [0.3, 0.4) is 0 Å². The highest BCUT2D eigenvalue weighted by Crippen LogP contribution is 2.45. The van der Waals surface area contributed by atoms with Crippen molar-refractivity contribution in [1.82, 2.24) is 24.9 Å². The highest BCUT2D eigenvalue weighted by molar-refractivity contribution is 5.84. The van der Waals surface area contributed by atoms with Gasteiger partial charge in [0.15, 0.2) is 0 Å². The Morgan fingerprint density at radius 3 is 2.43 bits per heavy atom. The predicted molar refractivity (Wildman–Crippen MR) is 103 cm³/mol. The number of aromatic nitrogens is 2. The Morgan fingerprint density at radius 1 is 1.07 bits per heavy atom. The van der Waals surface area contributed by atoms with Gasteiger partial charge in [0.25, 0.3) is 0 Å². The zero-order valence-corrected chi connectivity index (χ0v) is 17.1. The molecule has 0 bridgehead atoms. The molecule has 0 aliphatic carbocycles. The van der Waals surface area contributed by atoms with Gasteiger partial charge in [-0.05, 0) is 25.7 Å². The molecule has 28 heavy (non-hydrogen) atoms. The van der Waals surface area contributed by atoms with Gasteiger partial charge in [-0.1, -0.05) is 5.10 Å². The van der Waals surface area contributed by atoms with Crippen LogP contribution in [0.25, 0.3) is 0 Å². The van der Waals surface area contributed by atoms with E-state index in [0.717, 1.165) is 38.8 Å². The first-order valence-corrected chi connectivity index (χ1v) is 10.2. The van der Waals surface area contributed by atoms with Crippen LogP contribution in [0, 0.1) is 18.3 Å². The van der Waals surface area contributed by atoms with Gasteiger partial charge in [0, 0.05) is 66.2 Å². The van der Waals surface area contributed by atoms with Crippen molar-refractivity contribution >= 4 is 18.0 Å². The molecule has 3 fully saturated rings. The number of carbonyl (C=O) groups excluding carboxylic acids is 2. The summed E-state index contributed by atoms with van der Waals surface area (Å²) in [6.07, 6.45) is 3.75. The molecule has 0 radical (unpaired) electrons. The number of hydrogen-bond acceptors (Lipinski definition) is 6. The molecule has 1 aromatic heterocycles. The van der Waals surface area contributed by atoms with Crippen LogP contribution in [-0.2, 0) is 4.79 Å². The number of aryl methyl sites for hydroxylation is 1. The molecular weight excluding hydrogens is 360 g/mol. The molecule has 3 amide bonds. The average molecular weight is 390 g/mol. The number of anilines is 1. The molecule has 0 spiro atoms. The lowest BCUT2D eigenvalue weighted by molar-refractivity contribution is -0.141. The van der Waals surface area contributed by atoms with E-state index in [9.17, 15) is 9.59 Å². The molecule has 0 N–H and O–H groups in total. The van der Waals surface area contributed by atoms with Gasteiger partial charge in [0.05, 0.1) is 5.41 Å². The Morgan fingerprint density at radius 2 is 1.79 bits per heavy atom. The van der Waals surface area contributed by atoms with Crippen molar-refractivity contribution < 1.29 is 14.0 Å². The van der Waals surface area contributed by atoms with Gasteiger partial charge in [-0.15, -0.1) is 5.10 Å². The minimum Gasteiger partial charge on any atom is -0.408 e. The summed E-state index contributed by atoms with van der Waals surface area (Å²) in [4.78, 5) is 33.9. The maximum Gasteiger partial charge on any atom is 0.320 e. The first-order chi connectivity index (χ1) is 13.4. The molecule has 3 aliphatic rings. The third-order valence-electron chi connectivity index (χ3n) is 6.45. The van der Waals surface area contributed by atoms with Gasteiger partial charge < -0.3 is 24.0 Å². The topological polar surface area (TPSA) is 86.0 Å². The van der Waals surface area contributed by atoms with Gasteiger partial charge in [-0.25, -0.2) is 4.79 Å². The number of nitrogens with zero attached hydrogens (tertiary/aromatic N) is 6. The Kier molecular flexibility index (Phi) is 4.93. The normalized spacial score (nSPS) is 27.7. The van der Waals surface area contributed by atoms with Gasteiger partial charge in [-0.3, -0.25) is 4.79 Å². The van der Waals surface area contributed by atoms with Crippen LogP contribution < -0.4 is 4.90 Å². The second-order valence-electron chi connectivity index (χ2n) is 8.56. The summed E-state index contributed by atoms with van der Waals surface area (Å²) in [5.74, 6) is 0.691. The zero-order valence-electron chi connectivity index (χ0n) is 17.1. The molecule has 9 heteroatoms. The minimum atomic E-state index is -0.522. The summed E-state index contributed by atoms with van der Waals surface area (Å²) in [5.41, 5.74) is -0.522. The van der Waals surface area contributed by atoms with E-state index >= 15 is 0 Å². The highest BCUT2D eigenvalue weighted by atomic mass is 16.4. The molecule has 3 aliphatic heterocycles. The number of likely N-dealkylation sites (tertiary alicyclic amines) is 2. The lowest BCUT2D eigenvalue weighted by Crippen LogP contribution is -2.49. The van der Waals surface area contributed by atoms with Gasteiger partial charge in [-0.2, -0.15) is 0 Å². The van der Waals surface area contributed by atoms with Crippen LogP contribution in [0.15, 0.2) is 4.42 Å². The van der Waals surface area contributed by atoms with Crippen LogP contribution in [0.5, 0.6) is 0 Å². The van der Waals surface area contributed by atoms with Gasteiger partial charge in [0.1, 0.15) is 0 Å². The maximum atomic E-state index is 13.3. The quantitative estimate of drug-likeness (QED) is 0.754. The molecule has 0 aromatic carbocycles. The molecular formula is C19H30N6O3. The van der Waals surface area contributed by atoms with E-state index in [-0.39, 0.29) is 17.9 Å². The SMILES string of the molecule is Cc1nnc(N2C[C@@H]3CN(C(=O)N4CCCC4)CCC[C@]3(C(=O)N(C)C)C2)o1. The molecule has 0 unspecified atom stereocenters. The van der Waals surface area contributed by atoms with Crippen molar-refractivity contribution in [2.75, 3.05) is 58.3 Å². The average Bonchev–Trinajstić information content (AvgIpc) is 3.39. The van der Waals surface area contributed by atoms with E-state index in [2.05, 4.69) is 10.2 Å². The summed E-state index contributed by atoms with van der Waals surface area (Å²) in [5, 5.41) is 8.10. The smallest absolute Gasteiger partial charge is 0.320 e. The number of rotatable bonds is 2. The zero-order chi connectivity index (χ0) is 19.9. The van der Waals surface area contributed by atoms with Crippen molar-refractivity contribution in [2.24, 2.45) is 11.3 Å². The second-order valence-corrected chi connectivity index (χ2v) is 8.56. The van der Waals surface area contributed by atoms with Gasteiger partial charge in [0.2, 0.25) is 11.8 Å². The van der Waals surface area contributed by atoms with Crippen molar-refractivity contribution in [1.29, 1.82) is 0 Å². The summed E-state index contributed by atoms with van der Waals surface area (Å²) in [6.45, 7) is 5.96. The van der Waals surface area contributed by atoms with Crippen molar-refractivity contribution in [2.45, 2.75) is 32.6 Å². The Balaban J connectivity index is 1.60. The lowest BCUT2D eigenvalue weighted by Gasteiger charge is -2.35. The molecule has 1 aromatic rings. The van der Waals surface area contributed by atoms with Crippen molar-refractivity contribution in [3.05, 3.63) is 5.89 Å². The molecule has 9 nitrogen and oxygen atoms in total. The third kappa shape index (κ3) is 3.20. The van der Waals surface area contributed by atoms with Crippen LogP contribution in [0.4, 0.5) is 10.8 Å². The number of fused-ring (bicyclic) bond motifs is 1. The maximum absolute atomic E-state index is 13.3. The second kappa shape index (κ2) is 7.25. The summed E-state index contributed by atoms with van der Waals surface area (Å²) >= 11 is 0. The third-order valence-corrected chi connectivity index (χ3v) is 6.45. The predicted octanol–water partition coefficient (Wildman–Crippen LogP) is 1.20. The number of hydrogen-bond donors (Lipinski definition) is 0. The largest absolute Gasteiger partial charge is 0.408 e. The summed E-state index contributed by atoms with van der Waals surface area (Å²) in [7, 11) is 3.62. The number of carbonyl (C=O) groups is 2. The minimum absolute atomic E-state index is 0.0451. The fraction of sp³-hybridized carbons (Fsp3) is 0.789. The summed E-state index contributed by atoms with van der Waals surface area (Å²) in [6, 6.07) is 0.589. The van der Waals surface area contributed by atoms with Crippen molar-refractivity contribution in [3.63, 3.8) is 0 Å². The highest BCUT2D eigenvalue weighted by Gasteiger charge is 2.55. The molecule has 154 valence electrons. The molecule has 0 saturated carbocycles. The van der Waals surface area contributed by atoms with Crippen LogP contribution in [-0.4, -0.2) is 90.2 Å². The van der Waals surface area contributed by atoms with Crippen LogP contribution in [0.2, 0.25) is 0 Å². The fourth-order valence-electron chi connectivity index (χ4n) is 5.07. The Hall–Kier alpha value is -2.32. The van der Waals surface area contributed by atoms with E-state index in [1.54, 1.807) is 11.8 Å². The van der Waals surface area contributed by atoms with Crippen LogP contribution >= 0.6 is 0 Å². The number of urea groups is 1. The molecule has 3 saturated heterocycles. The van der Waals surface area contributed by atoms with Crippen molar-refractivity contribution in [3.8, 4) is 0 Å². The standard InChI is InChI=1S/C19H30N6O3/c1-14-20-21-17(28-14)25-12-15-11-24(18(27)23-8-4-5-9-23)10-6-7-19(15,13-25)16(26)22(2)3/h15H,4-13H2,1-3H3/t15-,19-/m0/s1. The van der Waals surface area contributed by atoms with E-state index in [0.29, 0.717) is 38.1 Å². The first kappa shape index (κ1) is 19.0.